The predicted octanol–water partition coefficient (Wildman–Crippen LogP) is 2.16. The van der Waals surface area contributed by atoms with Gasteiger partial charge < -0.3 is 10.1 Å². The summed E-state index contributed by atoms with van der Waals surface area (Å²) in [5, 5.41) is 3.05. The molecule has 0 aromatic heterocycles. The molecular formula is C12H20BrClN2O3S. The zero-order valence-corrected chi connectivity index (χ0v) is 14.7. The first-order valence-corrected chi connectivity index (χ1v) is 8.41. The van der Waals surface area contributed by atoms with Gasteiger partial charge in [-0.1, -0.05) is 6.92 Å². The molecule has 0 aliphatic rings. The first kappa shape index (κ1) is 19.7. The Morgan fingerprint density at radius 1 is 1.25 bits per heavy atom. The molecule has 0 saturated carbocycles. The molecule has 0 atom stereocenters. The van der Waals surface area contributed by atoms with E-state index in [9.17, 15) is 8.42 Å². The van der Waals surface area contributed by atoms with E-state index in [-0.39, 0.29) is 17.3 Å². The van der Waals surface area contributed by atoms with Crippen molar-refractivity contribution in [1.82, 2.24) is 10.0 Å². The molecule has 0 aliphatic heterocycles. The summed E-state index contributed by atoms with van der Waals surface area (Å²) < 4.78 is 32.5. The number of hydrogen-bond acceptors (Lipinski definition) is 4. The van der Waals surface area contributed by atoms with E-state index in [1.165, 1.54) is 6.07 Å². The van der Waals surface area contributed by atoms with Gasteiger partial charge in [0.15, 0.2) is 0 Å². The molecule has 1 aromatic rings. The monoisotopic (exact) mass is 386 g/mol. The number of benzene rings is 1. The van der Waals surface area contributed by atoms with E-state index >= 15 is 0 Å². The molecule has 20 heavy (non-hydrogen) atoms. The second-order valence-electron chi connectivity index (χ2n) is 3.78. The van der Waals surface area contributed by atoms with Crippen molar-refractivity contribution >= 4 is 38.4 Å². The molecule has 0 saturated heterocycles. The van der Waals surface area contributed by atoms with E-state index in [4.69, 9.17) is 4.74 Å². The van der Waals surface area contributed by atoms with E-state index in [0.717, 1.165) is 6.54 Å². The van der Waals surface area contributed by atoms with E-state index in [0.29, 0.717) is 29.9 Å². The van der Waals surface area contributed by atoms with E-state index in [1.807, 2.05) is 13.8 Å². The molecule has 2 N–H and O–H groups in total. The fourth-order valence-corrected chi connectivity index (χ4v) is 3.16. The molecule has 1 aromatic carbocycles. The number of rotatable bonds is 8. The minimum atomic E-state index is -3.47. The predicted molar refractivity (Wildman–Crippen MR) is 86.3 cm³/mol. The standard InChI is InChI=1S/C12H19BrN2O3S.ClH/c1-3-14-7-8-15-19(16,17)10-5-6-12(18-4-2)11(13)9-10;/h5-6,9,14-15H,3-4,7-8H2,1-2H3;1H. The van der Waals surface area contributed by atoms with Gasteiger partial charge in [0.25, 0.3) is 0 Å². The van der Waals surface area contributed by atoms with Crippen LogP contribution in [-0.4, -0.2) is 34.7 Å². The van der Waals surface area contributed by atoms with Crippen molar-refractivity contribution in [3.8, 4) is 5.75 Å². The normalized spacial score (nSPS) is 10.9. The van der Waals surface area contributed by atoms with Gasteiger partial charge in [-0.05, 0) is 47.6 Å². The van der Waals surface area contributed by atoms with Crippen LogP contribution in [0.3, 0.4) is 0 Å². The van der Waals surface area contributed by atoms with Crippen LogP contribution < -0.4 is 14.8 Å². The highest BCUT2D eigenvalue weighted by molar-refractivity contribution is 9.10. The lowest BCUT2D eigenvalue weighted by Crippen LogP contribution is -2.31. The van der Waals surface area contributed by atoms with Crippen molar-refractivity contribution < 1.29 is 13.2 Å². The largest absolute Gasteiger partial charge is 0.493 e. The summed E-state index contributed by atoms with van der Waals surface area (Å²) in [5.41, 5.74) is 0. The molecule has 0 spiro atoms. The van der Waals surface area contributed by atoms with Crippen LogP contribution in [0, 0.1) is 0 Å². The Balaban J connectivity index is 0.00000361. The van der Waals surface area contributed by atoms with Crippen molar-refractivity contribution in [2.75, 3.05) is 26.2 Å². The van der Waals surface area contributed by atoms with Crippen molar-refractivity contribution in [2.45, 2.75) is 18.7 Å². The molecule has 116 valence electrons. The van der Waals surface area contributed by atoms with E-state index < -0.39 is 10.0 Å². The Kier molecular flexibility index (Phi) is 9.41. The maximum atomic E-state index is 12.0. The minimum absolute atomic E-state index is 0. The summed E-state index contributed by atoms with van der Waals surface area (Å²) in [7, 11) is -3.47. The third-order valence-electron chi connectivity index (χ3n) is 2.36. The number of hydrogen-bond donors (Lipinski definition) is 2. The average Bonchev–Trinajstić information content (AvgIpc) is 2.37. The summed E-state index contributed by atoms with van der Waals surface area (Å²) in [5.74, 6) is 0.633. The third kappa shape index (κ3) is 5.97. The Hall–Kier alpha value is -0.340. The summed E-state index contributed by atoms with van der Waals surface area (Å²) in [6.45, 7) is 6.16. The van der Waals surface area contributed by atoms with Gasteiger partial charge >= 0.3 is 0 Å². The lowest BCUT2D eigenvalue weighted by Gasteiger charge is -2.10. The smallest absolute Gasteiger partial charge is 0.240 e. The highest BCUT2D eigenvalue weighted by atomic mass is 79.9. The van der Waals surface area contributed by atoms with Gasteiger partial charge in [0.05, 0.1) is 16.0 Å². The Morgan fingerprint density at radius 2 is 1.95 bits per heavy atom. The Morgan fingerprint density at radius 3 is 2.50 bits per heavy atom. The third-order valence-corrected chi connectivity index (χ3v) is 4.44. The van der Waals surface area contributed by atoms with Gasteiger partial charge in [-0.25, -0.2) is 13.1 Å². The molecule has 0 heterocycles. The summed E-state index contributed by atoms with van der Waals surface area (Å²) >= 11 is 3.30. The van der Waals surface area contributed by atoms with Crippen LogP contribution in [0.2, 0.25) is 0 Å². The SMILES string of the molecule is CCNCCNS(=O)(=O)c1ccc(OCC)c(Br)c1.Cl. The molecule has 0 aliphatic carbocycles. The minimum Gasteiger partial charge on any atom is -0.493 e. The van der Waals surface area contributed by atoms with Crippen LogP contribution >= 0.6 is 28.3 Å². The van der Waals surface area contributed by atoms with Gasteiger partial charge in [0.2, 0.25) is 10.0 Å². The summed E-state index contributed by atoms with van der Waals surface area (Å²) in [4.78, 5) is 0.222. The van der Waals surface area contributed by atoms with Crippen molar-refractivity contribution in [1.29, 1.82) is 0 Å². The van der Waals surface area contributed by atoms with Gasteiger partial charge in [-0.3, -0.25) is 0 Å². The van der Waals surface area contributed by atoms with Gasteiger partial charge in [-0.15, -0.1) is 12.4 Å². The van der Waals surface area contributed by atoms with Crippen LogP contribution in [0.4, 0.5) is 0 Å². The van der Waals surface area contributed by atoms with Crippen LogP contribution in [-0.2, 0) is 10.0 Å². The lowest BCUT2D eigenvalue weighted by molar-refractivity contribution is 0.338. The molecule has 1 rings (SSSR count). The first-order valence-electron chi connectivity index (χ1n) is 6.14. The van der Waals surface area contributed by atoms with E-state index in [2.05, 4.69) is 26.0 Å². The van der Waals surface area contributed by atoms with Gasteiger partial charge in [-0.2, -0.15) is 0 Å². The van der Waals surface area contributed by atoms with Crippen LogP contribution in [0.1, 0.15) is 13.8 Å². The Labute approximate surface area is 135 Å². The second kappa shape index (κ2) is 9.57. The number of sulfonamides is 1. The fraction of sp³-hybridized carbons (Fsp3) is 0.500. The number of nitrogens with one attached hydrogen (secondary N) is 2. The topological polar surface area (TPSA) is 67.4 Å². The average molecular weight is 388 g/mol. The molecule has 0 unspecified atom stereocenters. The number of ether oxygens (including phenoxy) is 1. The summed E-state index contributed by atoms with van der Waals surface area (Å²) in [6, 6.07) is 4.72. The molecular weight excluding hydrogens is 368 g/mol. The lowest BCUT2D eigenvalue weighted by atomic mass is 10.3. The zero-order chi connectivity index (χ0) is 14.3. The fourth-order valence-electron chi connectivity index (χ4n) is 1.46. The van der Waals surface area contributed by atoms with Gasteiger partial charge in [0, 0.05) is 13.1 Å². The van der Waals surface area contributed by atoms with Crippen LogP contribution in [0.25, 0.3) is 0 Å². The molecule has 0 radical (unpaired) electrons. The second-order valence-corrected chi connectivity index (χ2v) is 6.40. The zero-order valence-electron chi connectivity index (χ0n) is 11.5. The van der Waals surface area contributed by atoms with E-state index in [1.54, 1.807) is 12.1 Å². The first-order chi connectivity index (χ1) is 9.01. The van der Waals surface area contributed by atoms with Gasteiger partial charge in [0.1, 0.15) is 5.75 Å². The maximum absolute atomic E-state index is 12.0. The molecule has 0 fully saturated rings. The van der Waals surface area contributed by atoms with Crippen LogP contribution in [0.5, 0.6) is 5.75 Å². The highest BCUT2D eigenvalue weighted by Gasteiger charge is 2.15. The number of halogens is 2. The Bertz CT molecular complexity index is 511. The molecule has 5 nitrogen and oxygen atoms in total. The summed E-state index contributed by atoms with van der Waals surface area (Å²) in [6.07, 6.45) is 0. The van der Waals surface area contributed by atoms with Crippen LogP contribution in [0.15, 0.2) is 27.6 Å². The van der Waals surface area contributed by atoms with Crippen molar-refractivity contribution in [2.24, 2.45) is 0 Å². The highest BCUT2D eigenvalue weighted by Crippen LogP contribution is 2.27. The molecule has 0 amide bonds. The molecule has 0 bridgehead atoms. The van der Waals surface area contributed by atoms with Crippen molar-refractivity contribution in [3.63, 3.8) is 0 Å². The quantitative estimate of drug-likeness (QED) is 0.671. The maximum Gasteiger partial charge on any atom is 0.240 e. The number of likely N-dealkylation sites (N-methyl/N-ethyl adjacent to an activating group) is 1. The molecule has 8 heteroatoms. The van der Waals surface area contributed by atoms with Crippen molar-refractivity contribution in [3.05, 3.63) is 22.7 Å².